The summed E-state index contributed by atoms with van der Waals surface area (Å²) >= 11 is 0. The van der Waals surface area contributed by atoms with E-state index in [4.69, 9.17) is 9.47 Å². The van der Waals surface area contributed by atoms with Crippen molar-refractivity contribution in [2.75, 3.05) is 24.7 Å². The number of ether oxygens (including phenoxy) is 2. The first kappa shape index (κ1) is 34.4. The van der Waals surface area contributed by atoms with Crippen LogP contribution < -0.4 is 10.2 Å². The Kier molecular flexibility index (Phi) is 9.63. The number of carbonyl (C=O) groups excluding carboxylic acids is 4. The Morgan fingerprint density at radius 3 is 2.31 bits per heavy atom. The summed E-state index contributed by atoms with van der Waals surface area (Å²) in [6.07, 6.45) is 7.07. The minimum absolute atomic E-state index is 0.0815. The zero-order chi connectivity index (χ0) is 35.7. The number of aliphatic hydroxyl groups excluding tert-OH is 1. The number of benzene rings is 3. The van der Waals surface area contributed by atoms with E-state index in [1.165, 1.54) is 4.90 Å². The molecule has 0 aliphatic carbocycles. The molecule has 4 heterocycles. The van der Waals surface area contributed by atoms with E-state index in [2.05, 4.69) is 5.32 Å². The lowest BCUT2D eigenvalue weighted by molar-refractivity contribution is -0.146. The fourth-order valence-electron chi connectivity index (χ4n) is 8.34. The highest BCUT2D eigenvalue weighted by atomic mass is 16.5. The number of nitrogens with one attached hydrogen (secondary N) is 1. The molecule has 3 aromatic carbocycles. The minimum atomic E-state index is -1.52. The van der Waals surface area contributed by atoms with E-state index in [1.807, 2.05) is 98.8 Å². The van der Waals surface area contributed by atoms with Gasteiger partial charge >= 0.3 is 5.97 Å². The van der Waals surface area contributed by atoms with Gasteiger partial charge in [0.25, 0.3) is 5.91 Å². The molecule has 10 heteroatoms. The molecule has 3 amide bonds. The van der Waals surface area contributed by atoms with Crippen LogP contribution in [0.4, 0.5) is 5.69 Å². The minimum Gasteiger partial charge on any atom is -0.463 e. The van der Waals surface area contributed by atoms with E-state index in [9.17, 15) is 14.7 Å². The summed E-state index contributed by atoms with van der Waals surface area (Å²) in [6, 6.07) is 22.0. The molecular weight excluding hydrogens is 646 g/mol. The van der Waals surface area contributed by atoms with Gasteiger partial charge < -0.3 is 29.7 Å². The number of carbonyl (C=O) groups is 4. The van der Waals surface area contributed by atoms with Crippen molar-refractivity contribution in [2.24, 2.45) is 11.8 Å². The number of likely N-dealkylation sites (tertiary alicyclic amines) is 1. The summed E-state index contributed by atoms with van der Waals surface area (Å²) in [5, 5.41) is 14.0. The molecule has 264 valence electrons. The van der Waals surface area contributed by atoms with Crippen molar-refractivity contribution in [3.8, 4) is 0 Å². The Balaban J connectivity index is 1.35. The molecule has 4 aliphatic heterocycles. The number of hydrogen-bond acceptors (Lipinski definition) is 7. The molecule has 10 nitrogen and oxygen atoms in total. The van der Waals surface area contributed by atoms with Crippen LogP contribution in [0.25, 0.3) is 0 Å². The predicted molar refractivity (Wildman–Crippen MR) is 190 cm³/mol. The second kappa shape index (κ2) is 14.3. The van der Waals surface area contributed by atoms with Gasteiger partial charge in [0.1, 0.15) is 18.2 Å². The highest BCUT2D eigenvalue weighted by Gasteiger charge is 2.72. The number of aryl methyl sites for hydroxylation is 2. The van der Waals surface area contributed by atoms with Gasteiger partial charge in [-0.1, -0.05) is 103 Å². The summed E-state index contributed by atoms with van der Waals surface area (Å²) in [5.74, 6) is -3.72. The van der Waals surface area contributed by atoms with E-state index in [-0.39, 0.29) is 25.5 Å². The van der Waals surface area contributed by atoms with Crippen LogP contribution in [-0.4, -0.2) is 77.2 Å². The Labute approximate surface area is 297 Å². The van der Waals surface area contributed by atoms with Crippen molar-refractivity contribution < 1.29 is 33.8 Å². The summed E-state index contributed by atoms with van der Waals surface area (Å²) in [7, 11) is 0. The van der Waals surface area contributed by atoms with E-state index in [0.29, 0.717) is 12.8 Å². The van der Waals surface area contributed by atoms with E-state index in [1.54, 1.807) is 23.1 Å². The second-order valence-corrected chi connectivity index (χ2v) is 13.8. The summed E-state index contributed by atoms with van der Waals surface area (Å²) in [4.78, 5) is 60.6. The van der Waals surface area contributed by atoms with E-state index in [0.717, 1.165) is 27.9 Å². The number of esters is 1. The number of nitrogens with zero attached hydrogens (tertiary/aromatic N) is 2. The molecule has 0 bridgehead atoms. The van der Waals surface area contributed by atoms with Crippen LogP contribution in [0.3, 0.4) is 0 Å². The number of allylic oxidation sites excluding steroid dienone is 1. The van der Waals surface area contributed by atoms with Gasteiger partial charge in [0.15, 0.2) is 0 Å². The number of aliphatic hydroxyl groups is 1. The third kappa shape index (κ3) is 6.27. The molecule has 3 aromatic rings. The number of amides is 3. The summed E-state index contributed by atoms with van der Waals surface area (Å²) in [6.45, 7) is 3.65. The second-order valence-electron chi connectivity index (χ2n) is 13.8. The monoisotopic (exact) mass is 689 g/mol. The van der Waals surface area contributed by atoms with E-state index < -0.39 is 66.1 Å². The van der Waals surface area contributed by atoms with Crippen molar-refractivity contribution >= 4 is 29.4 Å². The molecule has 4 aliphatic rings. The Bertz CT molecular complexity index is 1840. The Hall–Kier alpha value is -5.06. The zero-order valence-electron chi connectivity index (χ0n) is 28.8. The molecule has 2 N–H and O–H groups in total. The standard InChI is InChI=1S/C41H43N3O7/c1-26-13-11-14-27(2)36(26)43-22-12-21-41-35(39(48)44(37(41)40(43)49)30(24-45)23-28-15-5-3-6-16-28)34-32(51-41)19-9-10-20-33(46)50-25-31(42-38(34)47)29-17-7-4-8-18-29/h3-9,11-19,21,30-32,34-35,37,45H,10,20,22-25H2,1-2H3,(H,42,47)/b19-9-/t30-,31-,32+,34-,35-,37+,41-/m1/s1. The smallest absolute Gasteiger partial charge is 0.306 e. The lowest BCUT2D eigenvalue weighted by Gasteiger charge is -2.39. The van der Waals surface area contributed by atoms with Gasteiger partial charge in [-0.2, -0.15) is 0 Å². The normalized spacial score (nSPS) is 29.1. The molecule has 2 saturated heterocycles. The maximum Gasteiger partial charge on any atom is 0.306 e. The van der Waals surface area contributed by atoms with Gasteiger partial charge in [0.05, 0.1) is 36.6 Å². The van der Waals surface area contributed by atoms with Crippen molar-refractivity contribution in [3.05, 3.63) is 125 Å². The lowest BCUT2D eigenvalue weighted by Crippen LogP contribution is -2.58. The highest BCUT2D eigenvalue weighted by Crippen LogP contribution is 2.54. The van der Waals surface area contributed by atoms with Crippen molar-refractivity contribution in [2.45, 2.75) is 62.9 Å². The number of anilines is 1. The average molecular weight is 690 g/mol. The molecule has 51 heavy (non-hydrogen) atoms. The average Bonchev–Trinajstić information content (AvgIpc) is 3.53. The van der Waals surface area contributed by atoms with Crippen LogP contribution in [0.5, 0.6) is 0 Å². The molecule has 0 saturated carbocycles. The topological polar surface area (TPSA) is 125 Å². The van der Waals surface area contributed by atoms with Crippen molar-refractivity contribution in [1.29, 1.82) is 0 Å². The fourth-order valence-corrected chi connectivity index (χ4v) is 8.34. The van der Waals surface area contributed by atoms with Crippen molar-refractivity contribution in [1.82, 2.24) is 10.2 Å². The van der Waals surface area contributed by atoms with E-state index >= 15 is 9.59 Å². The molecule has 7 atom stereocenters. The summed E-state index contributed by atoms with van der Waals surface area (Å²) < 4.78 is 12.5. The molecule has 7 rings (SSSR count). The first-order chi connectivity index (χ1) is 24.7. The van der Waals surface area contributed by atoms with Crippen LogP contribution >= 0.6 is 0 Å². The van der Waals surface area contributed by atoms with Gasteiger partial charge in [0.2, 0.25) is 11.8 Å². The van der Waals surface area contributed by atoms with Gasteiger partial charge in [-0.05, 0) is 48.9 Å². The lowest BCUT2D eigenvalue weighted by atomic mass is 9.77. The molecule has 0 aromatic heterocycles. The summed E-state index contributed by atoms with van der Waals surface area (Å²) in [5.41, 5.74) is 2.68. The number of cyclic esters (lactones) is 1. The maximum absolute atomic E-state index is 15.2. The van der Waals surface area contributed by atoms with Crippen LogP contribution in [-0.2, 0) is 35.1 Å². The van der Waals surface area contributed by atoms with Gasteiger partial charge in [-0.15, -0.1) is 0 Å². The molecule has 2 fully saturated rings. The molecule has 0 radical (unpaired) electrons. The first-order valence-corrected chi connectivity index (χ1v) is 17.6. The Morgan fingerprint density at radius 1 is 0.902 bits per heavy atom. The molecule has 0 unspecified atom stereocenters. The largest absolute Gasteiger partial charge is 0.463 e. The highest BCUT2D eigenvalue weighted by molar-refractivity contribution is 6.06. The number of hydrogen-bond donors (Lipinski definition) is 2. The number of rotatable bonds is 6. The van der Waals surface area contributed by atoms with Gasteiger partial charge in [-0.3, -0.25) is 19.2 Å². The van der Waals surface area contributed by atoms with Crippen molar-refractivity contribution in [3.63, 3.8) is 0 Å². The number of para-hydroxylation sites is 1. The fraction of sp³-hybridized carbons (Fsp3) is 0.366. The third-order valence-electron chi connectivity index (χ3n) is 10.6. The Morgan fingerprint density at radius 2 is 1.61 bits per heavy atom. The van der Waals surface area contributed by atoms with Crippen LogP contribution in [0, 0.1) is 25.7 Å². The number of fused-ring (bicyclic) bond motifs is 2. The predicted octanol–water partition coefficient (Wildman–Crippen LogP) is 4.14. The SMILES string of the molecule is Cc1cccc(C)c1N1CC=C[C@@]23O[C@H]4/C=C\CCC(=O)OC[C@H](c5ccccc5)NC(=O)[C@H]4[C@@H]2C(=O)N([C@@H](CO)Cc2ccccc2)[C@H]3C1=O. The van der Waals surface area contributed by atoms with Crippen LogP contribution in [0.15, 0.2) is 103 Å². The zero-order valence-corrected chi connectivity index (χ0v) is 28.8. The maximum atomic E-state index is 15.2. The third-order valence-corrected chi connectivity index (χ3v) is 10.6. The molecule has 1 spiro atoms. The van der Waals surface area contributed by atoms with Gasteiger partial charge in [0, 0.05) is 18.7 Å². The molecular formula is C41H43N3O7. The van der Waals surface area contributed by atoms with Crippen LogP contribution in [0.2, 0.25) is 0 Å². The quantitative estimate of drug-likeness (QED) is 0.295. The van der Waals surface area contributed by atoms with Gasteiger partial charge in [-0.25, -0.2) is 0 Å². The first-order valence-electron chi connectivity index (χ1n) is 17.6. The van der Waals surface area contributed by atoms with Crippen LogP contribution in [0.1, 0.15) is 41.1 Å².